The van der Waals surface area contributed by atoms with Crippen molar-refractivity contribution in [3.05, 3.63) is 0 Å². The Kier molecular flexibility index (Phi) is 26.9. The van der Waals surface area contributed by atoms with Crippen LogP contribution in [0.3, 0.4) is 0 Å². The zero-order valence-corrected chi connectivity index (χ0v) is 31.7. The molecule has 8 unspecified atom stereocenters. The first-order valence-corrected chi connectivity index (χ1v) is 19.3. The third-order valence-electron chi connectivity index (χ3n) is 11.3. The summed E-state index contributed by atoms with van der Waals surface area (Å²) in [5.41, 5.74) is -7.08. The Labute approximate surface area is 314 Å². The van der Waals surface area contributed by atoms with E-state index in [4.69, 9.17) is 0 Å². The van der Waals surface area contributed by atoms with Crippen molar-refractivity contribution >= 4 is 5.97 Å². The lowest BCUT2D eigenvalue weighted by molar-refractivity contribution is -0.229. The predicted molar refractivity (Wildman–Crippen MR) is 194 cm³/mol. The molecule has 0 fully saturated rings. The molecule has 0 aromatic heterocycles. The molecule has 318 valence electrons. The molecule has 53 heavy (non-hydrogen) atoms. The zero-order valence-electron chi connectivity index (χ0n) is 31.7. The Balaban J connectivity index is 8.41. The summed E-state index contributed by atoms with van der Waals surface area (Å²) in [7, 11) is 0. The molecule has 15 N–H and O–H groups in total. The minimum absolute atomic E-state index is 0.107. The number of carboxylic acids is 1. The van der Waals surface area contributed by atoms with Gasteiger partial charge in [0.2, 0.25) is 0 Å². The number of unbranched alkanes of at least 4 members (excludes halogenated alkanes) is 8. The van der Waals surface area contributed by atoms with Crippen molar-refractivity contribution in [1.82, 2.24) is 0 Å². The second-order valence-corrected chi connectivity index (χ2v) is 15.3. The third kappa shape index (κ3) is 15.8. The Morgan fingerprint density at radius 2 is 0.774 bits per heavy atom. The Morgan fingerprint density at radius 1 is 0.453 bits per heavy atom. The second kappa shape index (κ2) is 27.5. The maximum atomic E-state index is 14.0. The molecule has 0 rings (SSSR count). The molecule has 0 saturated heterocycles. The van der Waals surface area contributed by atoms with Gasteiger partial charge in [0.25, 0.3) is 0 Å². The summed E-state index contributed by atoms with van der Waals surface area (Å²) in [4.78, 5) is 14.0. The minimum Gasteiger partial charge on any atom is -0.481 e. The lowest BCUT2D eigenvalue weighted by atomic mass is 9.39. The van der Waals surface area contributed by atoms with E-state index < -0.39 is 156 Å². The average molecular weight is 775 g/mol. The molecule has 0 spiro atoms. The molecule has 0 amide bonds. The highest BCUT2D eigenvalue weighted by molar-refractivity contribution is 5.76. The molecular weight excluding hydrogens is 700 g/mol. The Hall–Kier alpha value is -1.09. The van der Waals surface area contributed by atoms with Gasteiger partial charge in [0.15, 0.2) is 0 Å². The van der Waals surface area contributed by atoms with Gasteiger partial charge in [0.05, 0.1) is 94.4 Å². The molecule has 16 nitrogen and oxygen atoms in total. The molecule has 0 heterocycles. The van der Waals surface area contributed by atoms with Gasteiger partial charge in [0.1, 0.15) is 0 Å². The van der Waals surface area contributed by atoms with Crippen molar-refractivity contribution in [2.75, 3.05) is 46.2 Å². The number of aliphatic hydroxyl groups is 14. The number of rotatable bonds is 35. The fourth-order valence-corrected chi connectivity index (χ4v) is 8.97. The number of carboxylic acid groups (broad SMARTS) is 1. The Morgan fingerprint density at radius 3 is 1.11 bits per heavy atom. The molecule has 0 aromatic rings. The summed E-state index contributed by atoms with van der Waals surface area (Å²) in [5, 5.41) is 161. The molecule has 8 atom stereocenters. The van der Waals surface area contributed by atoms with E-state index in [0.29, 0.717) is 12.8 Å². The van der Waals surface area contributed by atoms with Gasteiger partial charge in [0, 0.05) is 0 Å². The van der Waals surface area contributed by atoms with E-state index in [9.17, 15) is 81.4 Å². The largest absolute Gasteiger partial charge is 0.481 e. The van der Waals surface area contributed by atoms with E-state index in [1.54, 1.807) is 0 Å². The van der Waals surface area contributed by atoms with Crippen LogP contribution in [0.2, 0.25) is 0 Å². The van der Waals surface area contributed by atoms with E-state index in [2.05, 4.69) is 6.92 Å². The lowest BCUT2D eigenvalue weighted by Gasteiger charge is -2.64. The van der Waals surface area contributed by atoms with Crippen LogP contribution >= 0.6 is 0 Å². The van der Waals surface area contributed by atoms with Crippen molar-refractivity contribution in [1.29, 1.82) is 0 Å². The van der Waals surface area contributed by atoms with Crippen molar-refractivity contribution < 1.29 is 81.4 Å². The molecule has 0 aliphatic heterocycles. The summed E-state index contributed by atoms with van der Waals surface area (Å²) >= 11 is 0. The average Bonchev–Trinajstić information content (AvgIpc) is 3.14. The first-order valence-electron chi connectivity index (χ1n) is 19.3. The van der Waals surface area contributed by atoms with Crippen LogP contribution in [-0.2, 0) is 4.79 Å². The molecule has 0 aromatic carbocycles. The summed E-state index contributed by atoms with van der Waals surface area (Å²) in [5.74, 6) is -2.86. The van der Waals surface area contributed by atoms with Gasteiger partial charge in [-0.15, -0.1) is 0 Å². The van der Waals surface area contributed by atoms with Crippen molar-refractivity contribution in [2.24, 2.45) is 22.2 Å². The number of hydrogen-bond acceptors (Lipinski definition) is 15. The van der Waals surface area contributed by atoms with Crippen LogP contribution in [0, 0.1) is 22.2 Å². The number of hydrogen-bond donors (Lipinski definition) is 15. The maximum absolute atomic E-state index is 14.0. The van der Waals surface area contributed by atoms with Gasteiger partial charge < -0.3 is 76.6 Å². The van der Waals surface area contributed by atoms with Crippen molar-refractivity contribution in [3.8, 4) is 0 Å². The van der Waals surface area contributed by atoms with Gasteiger partial charge >= 0.3 is 5.97 Å². The summed E-state index contributed by atoms with van der Waals surface area (Å²) in [6.45, 7) is -4.53. The highest BCUT2D eigenvalue weighted by Crippen LogP contribution is 2.68. The van der Waals surface area contributed by atoms with Crippen LogP contribution < -0.4 is 0 Å². The Bertz CT molecular complexity index is 889. The number of aliphatic hydroxyl groups excluding tert-OH is 14. The summed E-state index contributed by atoms with van der Waals surface area (Å²) in [6, 6.07) is 0. The quantitative estimate of drug-likeness (QED) is 0.0335. The SMILES string of the molecule is CCCCCCCCCCCC(CC(O)CO)C(CC(O)CO)(CC(O)CO)C(CC(O)CO)(CC(O)CO)C(CC(O)CO)(CC(O)CO)C(=O)O. The lowest BCUT2D eigenvalue weighted by Crippen LogP contribution is -2.65. The van der Waals surface area contributed by atoms with Gasteiger partial charge in [-0.1, -0.05) is 64.7 Å². The standard InChI is InChI=1S/C37H74O16/c1-2-3-4-5-6-7-8-9-10-11-26(12-27(45)19-38)35(13-28(46)20-39,14-29(47)21-40)37(17-32(50)24-43,18-33(51)25-44)36(34(52)53,15-30(48)22-41)16-31(49)23-42/h26-33,38-51H,2-25H2,1H3,(H,52,53). The molecule has 0 saturated carbocycles. The topological polar surface area (TPSA) is 321 Å². The minimum atomic E-state index is -2.64. The van der Waals surface area contributed by atoms with Crippen LogP contribution in [0.1, 0.15) is 116 Å². The summed E-state index contributed by atoms with van der Waals surface area (Å²) in [6.07, 6.45) is -9.06. The first kappa shape index (κ1) is 51.9. The highest BCUT2D eigenvalue weighted by atomic mass is 16.4. The highest BCUT2D eigenvalue weighted by Gasteiger charge is 2.69. The molecule has 0 aliphatic carbocycles. The van der Waals surface area contributed by atoms with Crippen LogP contribution in [0.25, 0.3) is 0 Å². The third-order valence-corrected chi connectivity index (χ3v) is 11.3. The monoisotopic (exact) mass is 774 g/mol. The molecule has 0 bridgehead atoms. The normalized spacial score (nSPS) is 20.3. The van der Waals surface area contributed by atoms with E-state index >= 15 is 0 Å². The van der Waals surface area contributed by atoms with Crippen LogP contribution in [-0.4, -0.2) is 172 Å². The van der Waals surface area contributed by atoms with Crippen LogP contribution in [0.5, 0.6) is 0 Å². The molecule has 16 heteroatoms. The van der Waals surface area contributed by atoms with Gasteiger partial charge in [-0.3, -0.25) is 4.79 Å². The number of carbonyl (C=O) groups is 1. The van der Waals surface area contributed by atoms with E-state index in [0.717, 1.165) is 44.9 Å². The zero-order chi connectivity index (χ0) is 40.7. The second-order valence-electron chi connectivity index (χ2n) is 15.3. The van der Waals surface area contributed by atoms with Crippen molar-refractivity contribution in [3.63, 3.8) is 0 Å². The smallest absolute Gasteiger partial charge is 0.310 e. The van der Waals surface area contributed by atoms with Crippen LogP contribution in [0.4, 0.5) is 0 Å². The van der Waals surface area contributed by atoms with E-state index in [1.807, 2.05) is 0 Å². The number of aliphatic carboxylic acids is 1. The fourth-order valence-electron chi connectivity index (χ4n) is 8.97. The fraction of sp³-hybridized carbons (Fsp3) is 0.973. The van der Waals surface area contributed by atoms with Crippen LogP contribution in [0.15, 0.2) is 0 Å². The molecule has 0 aliphatic rings. The van der Waals surface area contributed by atoms with E-state index in [-0.39, 0.29) is 12.8 Å². The van der Waals surface area contributed by atoms with Gasteiger partial charge in [-0.2, -0.15) is 0 Å². The molecule has 0 radical (unpaired) electrons. The van der Waals surface area contributed by atoms with E-state index in [1.165, 1.54) is 0 Å². The van der Waals surface area contributed by atoms with Gasteiger partial charge in [-0.05, 0) is 68.1 Å². The summed E-state index contributed by atoms with van der Waals surface area (Å²) < 4.78 is 0. The predicted octanol–water partition coefficient (Wildman–Crippen LogP) is -1.23. The maximum Gasteiger partial charge on any atom is 0.310 e. The van der Waals surface area contributed by atoms with Gasteiger partial charge in [-0.25, -0.2) is 0 Å². The molecular formula is C37H74O16. The first-order chi connectivity index (χ1) is 25.1. The van der Waals surface area contributed by atoms with Crippen molar-refractivity contribution in [2.45, 2.75) is 159 Å².